The summed E-state index contributed by atoms with van der Waals surface area (Å²) in [4.78, 5) is 7.47. The van der Waals surface area contributed by atoms with E-state index in [0.717, 1.165) is 38.7 Å². The monoisotopic (exact) mass is 501 g/mol. The van der Waals surface area contributed by atoms with Crippen molar-refractivity contribution in [2.24, 2.45) is 10.9 Å². The van der Waals surface area contributed by atoms with Gasteiger partial charge in [-0.1, -0.05) is 24.3 Å². The van der Waals surface area contributed by atoms with Gasteiger partial charge in [-0.05, 0) is 44.2 Å². The summed E-state index contributed by atoms with van der Waals surface area (Å²) in [5.74, 6) is 1.65. The van der Waals surface area contributed by atoms with Gasteiger partial charge in [0.1, 0.15) is 0 Å². The van der Waals surface area contributed by atoms with Crippen LogP contribution < -0.4 is 5.32 Å². The number of ether oxygens (including phenoxy) is 2. The molecule has 1 heterocycles. The van der Waals surface area contributed by atoms with Gasteiger partial charge in [0.2, 0.25) is 0 Å². The Morgan fingerprint density at radius 2 is 2.07 bits per heavy atom. The molecule has 1 saturated heterocycles. The van der Waals surface area contributed by atoms with Gasteiger partial charge in [0.05, 0.1) is 26.4 Å². The predicted octanol–water partition coefficient (Wildman–Crippen LogP) is 3.60. The van der Waals surface area contributed by atoms with E-state index in [2.05, 4.69) is 48.3 Å². The topological polar surface area (TPSA) is 46.1 Å². The Balaban J connectivity index is 0.00000280. The van der Waals surface area contributed by atoms with E-state index in [4.69, 9.17) is 14.5 Å². The summed E-state index contributed by atoms with van der Waals surface area (Å²) in [7, 11) is 1.71. The van der Waals surface area contributed by atoms with E-state index in [1.165, 1.54) is 30.4 Å². The van der Waals surface area contributed by atoms with E-state index < -0.39 is 0 Å². The van der Waals surface area contributed by atoms with Crippen LogP contribution >= 0.6 is 24.0 Å². The zero-order valence-corrected chi connectivity index (χ0v) is 19.9. The molecule has 1 aromatic rings. The molecule has 0 spiro atoms. The zero-order valence-electron chi connectivity index (χ0n) is 17.6. The van der Waals surface area contributed by atoms with Crippen LogP contribution in [0, 0.1) is 12.8 Å². The van der Waals surface area contributed by atoms with Gasteiger partial charge in [0, 0.05) is 38.1 Å². The van der Waals surface area contributed by atoms with Gasteiger partial charge in [0.15, 0.2) is 5.96 Å². The van der Waals surface area contributed by atoms with Gasteiger partial charge in [-0.3, -0.25) is 4.99 Å². The van der Waals surface area contributed by atoms with E-state index in [0.29, 0.717) is 19.1 Å². The summed E-state index contributed by atoms with van der Waals surface area (Å²) in [5, 5.41) is 3.50. The van der Waals surface area contributed by atoms with Gasteiger partial charge in [-0.25, -0.2) is 0 Å². The Bertz CT molecular complexity index is 634. The first-order valence-corrected chi connectivity index (χ1v) is 10.3. The Kier molecular flexibility index (Phi) is 9.50. The summed E-state index contributed by atoms with van der Waals surface area (Å²) in [5.41, 5.74) is 3.13. The molecule has 5 nitrogen and oxygen atoms in total. The van der Waals surface area contributed by atoms with Crippen LogP contribution in [0.5, 0.6) is 0 Å². The number of halogens is 1. The van der Waals surface area contributed by atoms with Crippen molar-refractivity contribution in [2.75, 3.05) is 53.1 Å². The van der Waals surface area contributed by atoms with Gasteiger partial charge in [-0.15, -0.1) is 24.0 Å². The molecule has 2 aliphatic rings. The van der Waals surface area contributed by atoms with Crippen molar-refractivity contribution in [2.45, 2.75) is 38.5 Å². The molecule has 28 heavy (non-hydrogen) atoms. The van der Waals surface area contributed by atoms with Crippen molar-refractivity contribution in [3.05, 3.63) is 35.4 Å². The number of hydrogen-bond donors (Lipinski definition) is 1. The van der Waals surface area contributed by atoms with Crippen LogP contribution in [0.25, 0.3) is 0 Å². The lowest BCUT2D eigenvalue weighted by Gasteiger charge is -2.23. The number of rotatable bonds is 9. The summed E-state index contributed by atoms with van der Waals surface area (Å²) in [6.45, 7) is 10.4. The van der Waals surface area contributed by atoms with Crippen molar-refractivity contribution in [3.8, 4) is 0 Å². The quantitative estimate of drug-likeness (QED) is 0.243. The molecule has 0 bridgehead atoms. The highest BCUT2D eigenvalue weighted by Gasteiger charge is 2.45. The molecule has 1 N–H and O–H groups in total. The van der Waals surface area contributed by atoms with Crippen LogP contribution in [0.3, 0.4) is 0 Å². The standard InChI is InChI=1S/C22H35N3O2.HI/c1-4-23-21(25-12-9-19(15-25)16-27-14-13-26-3)24-17-22(10-11-22)20-8-6-5-7-18(20)2;/h5-8,19H,4,9-17H2,1-3H3,(H,23,24);1H. The molecule has 1 aliphatic heterocycles. The third-order valence-corrected chi connectivity index (χ3v) is 5.81. The van der Waals surface area contributed by atoms with E-state index in [1.54, 1.807) is 7.11 Å². The van der Waals surface area contributed by atoms with Crippen molar-refractivity contribution in [3.63, 3.8) is 0 Å². The number of methoxy groups -OCH3 is 1. The maximum absolute atomic E-state index is 5.73. The molecule has 158 valence electrons. The minimum atomic E-state index is 0. The van der Waals surface area contributed by atoms with Crippen LogP contribution in [-0.2, 0) is 14.9 Å². The second kappa shape index (κ2) is 11.4. The van der Waals surface area contributed by atoms with Gasteiger partial charge in [0.25, 0.3) is 0 Å². The molecule has 2 fully saturated rings. The lowest BCUT2D eigenvalue weighted by Crippen LogP contribution is -2.40. The highest BCUT2D eigenvalue weighted by Crippen LogP contribution is 2.49. The van der Waals surface area contributed by atoms with E-state index in [9.17, 15) is 0 Å². The van der Waals surface area contributed by atoms with E-state index in [-0.39, 0.29) is 29.4 Å². The summed E-state index contributed by atoms with van der Waals surface area (Å²) < 4.78 is 10.8. The third kappa shape index (κ3) is 6.07. The summed E-state index contributed by atoms with van der Waals surface area (Å²) >= 11 is 0. The molecule has 0 amide bonds. The van der Waals surface area contributed by atoms with Crippen LogP contribution in [0.4, 0.5) is 0 Å². The fourth-order valence-corrected chi connectivity index (χ4v) is 4.04. The van der Waals surface area contributed by atoms with E-state index in [1.807, 2.05) is 0 Å². The molecule has 1 saturated carbocycles. The normalized spacial score (nSPS) is 20.8. The minimum Gasteiger partial charge on any atom is -0.382 e. The largest absolute Gasteiger partial charge is 0.382 e. The number of nitrogens with one attached hydrogen (secondary N) is 1. The lowest BCUT2D eigenvalue weighted by atomic mass is 9.92. The van der Waals surface area contributed by atoms with Crippen molar-refractivity contribution in [1.82, 2.24) is 10.2 Å². The smallest absolute Gasteiger partial charge is 0.193 e. The van der Waals surface area contributed by atoms with Crippen molar-refractivity contribution < 1.29 is 9.47 Å². The number of nitrogens with zero attached hydrogens (tertiary/aromatic N) is 2. The highest BCUT2D eigenvalue weighted by molar-refractivity contribution is 14.0. The molecule has 1 aromatic carbocycles. The van der Waals surface area contributed by atoms with Gasteiger partial charge < -0.3 is 19.7 Å². The first-order valence-electron chi connectivity index (χ1n) is 10.3. The maximum Gasteiger partial charge on any atom is 0.193 e. The number of hydrogen-bond acceptors (Lipinski definition) is 3. The van der Waals surface area contributed by atoms with Crippen molar-refractivity contribution in [1.29, 1.82) is 0 Å². The Hall–Kier alpha value is -0.860. The predicted molar refractivity (Wildman–Crippen MR) is 126 cm³/mol. The third-order valence-electron chi connectivity index (χ3n) is 5.81. The molecule has 3 rings (SSSR count). The van der Waals surface area contributed by atoms with Gasteiger partial charge in [-0.2, -0.15) is 0 Å². The average molecular weight is 501 g/mol. The summed E-state index contributed by atoms with van der Waals surface area (Å²) in [6.07, 6.45) is 3.66. The Labute approximate surface area is 187 Å². The first-order chi connectivity index (χ1) is 13.2. The molecule has 1 aliphatic carbocycles. The van der Waals surface area contributed by atoms with Crippen LogP contribution in [-0.4, -0.2) is 64.0 Å². The second-order valence-electron chi connectivity index (χ2n) is 7.93. The van der Waals surface area contributed by atoms with Crippen molar-refractivity contribution >= 4 is 29.9 Å². The molecule has 0 aromatic heterocycles. The number of benzene rings is 1. The second-order valence-corrected chi connectivity index (χ2v) is 7.93. The number of aliphatic imine (C=N–C) groups is 1. The molecule has 6 heteroatoms. The van der Waals surface area contributed by atoms with Crippen LogP contribution in [0.2, 0.25) is 0 Å². The van der Waals surface area contributed by atoms with Gasteiger partial charge >= 0.3 is 0 Å². The highest BCUT2D eigenvalue weighted by atomic mass is 127. The van der Waals surface area contributed by atoms with Crippen LogP contribution in [0.1, 0.15) is 37.3 Å². The Morgan fingerprint density at radius 1 is 1.29 bits per heavy atom. The first kappa shape index (κ1) is 23.4. The zero-order chi connectivity index (χ0) is 19.1. The molecule has 0 radical (unpaired) electrons. The average Bonchev–Trinajstić information content (AvgIpc) is 3.31. The number of aryl methyl sites for hydroxylation is 1. The fraction of sp³-hybridized carbons (Fsp3) is 0.682. The maximum atomic E-state index is 5.73. The van der Waals surface area contributed by atoms with E-state index >= 15 is 0 Å². The Morgan fingerprint density at radius 3 is 2.75 bits per heavy atom. The molecule has 1 unspecified atom stereocenters. The minimum absolute atomic E-state index is 0. The lowest BCUT2D eigenvalue weighted by molar-refractivity contribution is 0.0536. The molecule has 1 atom stereocenters. The molecular formula is C22H36IN3O2. The SMILES string of the molecule is CCNC(=NCC1(c2ccccc2C)CC1)N1CCC(COCCOC)C1.I. The van der Waals surface area contributed by atoms with Crippen LogP contribution in [0.15, 0.2) is 29.3 Å². The summed E-state index contributed by atoms with van der Waals surface area (Å²) in [6, 6.07) is 8.79. The molecular weight excluding hydrogens is 465 g/mol. The number of likely N-dealkylation sites (tertiary alicyclic amines) is 1. The number of guanidine groups is 1. The fourth-order valence-electron chi connectivity index (χ4n) is 4.04.